The van der Waals surface area contributed by atoms with Gasteiger partial charge in [-0.2, -0.15) is 18.4 Å². The number of rotatable bonds is 4. The Morgan fingerprint density at radius 2 is 1.95 bits per heavy atom. The van der Waals surface area contributed by atoms with Gasteiger partial charge in [0.25, 0.3) is 9.84 Å². The van der Waals surface area contributed by atoms with E-state index in [0.717, 1.165) is 6.07 Å². The molecule has 21 heavy (non-hydrogen) atoms. The molecule has 11 heteroatoms. The van der Waals surface area contributed by atoms with Gasteiger partial charge in [0.1, 0.15) is 0 Å². The fourth-order valence-electron chi connectivity index (χ4n) is 1.60. The second kappa shape index (κ2) is 5.31. The van der Waals surface area contributed by atoms with Crippen LogP contribution in [0, 0.1) is 0 Å². The highest BCUT2D eigenvalue weighted by Crippen LogP contribution is 2.35. The summed E-state index contributed by atoms with van der Waals surface area (Å²) in [6.07, 6.45) is 0. The lowest BCUT2D eigenvalue weighted by atomic mass is 10.2. The third kappa shape index (κ3) is 2.96. The van der Waals surface area contributed by atoms with Gasteiger partial charge in [-0.3, -0.25) is 0 Å². The maximum atomic E-state index is 12.7. The van der Waals surface area contributed by atoms with E-state index in [2.05, 4.69) is 25.9 Å². The minimum Gasteiger partial charge on any atom is -0.374 e. The van der Waals surface area contributed by atoms with Crippen LogP contribution in [-0.2, 0) is 9.84 Å². The Balaban J connectivity index is 2.39. The predicted molar refractivity (Wildman–Crippen MR) is 65.9 cm³/mol. The van der Waals surface area contributed by atoms with Gasteiger partial charge in [0.05, 0.1) is 16.6 Å². The summed E-state index contributed by atoms with van der Waals surface area (Å²) >= 11 is 0. The van der Waals surface area contributed by atoms with Crippen LogP contribution in [0.4, 0.5) is 18.9 Å². The van der Waals surface area contributed by atoms with E-state index in [1.54, 1.807) is 6.92 Å². The molecule has 2 N–H and O–H groups in total. The smallest absolute Gasteiger partial charge is 0.374 e. The summed E-state index contributed by atoms with van der Waals surface area (Å²) in [4.78, 5) is -0.854. The van der Waals surface area contributed by atoms with Crippen LogP contribution in [0.25, 0.3) is 0 Å². The van der Waals surface area contributed by atoms with Crippen molar-refractivity contribution in [2.75, 3.05) is 5.32 Å². The van der Waals surface area contributed by atoms with Gasteiger partial charge in [-0.15, -0.1) is 10.2 Å². The first-order valence-electron chi connectivity index (χ1n) is 5.64. The van der Waals surface area contributed by atoms with Gasteiger partial charge in [-0.1, -0.05) is 17.3 Å². The number of H-pyrrole nitrogens is 1. The number of aromatic amines is 1. The number of anilines is 1. The number of tetrazole rings is 1. The van der Waals surface area contributed by atoms with Crippen LogP contribution in [0.1, 0.15) is 18.8 Å². The van der Waals surface area contributed by atoms with E-state index in [4.69, 9.17) is 0 Å². The van der Waals surface area contributed by atoms with Crippen molar-refractivity contribution in [3.8, 4) is 0 Å². The zero-order valence-corrected chi connectivity index (χ0v) is 11.4. The number of para-hydroxylation sites is 1. The standard InChI is InChI=1S/C10H10F3N5O2S/c1-6(9-15-17-18-16-9)14-7-4-2-3-5-8(7)21(19,20)10(11,12)13/h2-6,14H,1H3,(H,15,16,17,18). The number of benzene rings is 1. The summed E-state index contributed by atoms with van der Waals surface area (Å²) in [6, 6.07) is 4.11. The Kier molecular flexibility index (Phi) is 3.85. The van der Waals surface area contributed by atoms with Crippen molar-refractivity contribution in [2.24, 2.45) is 0 Å². The Bertz CT molecular complexity index is 715. The zero-order valence-electron chi connectivity index (χ0n) is 10.6. The number of halogens is 3. The third-order valence-electron chi connectivity index (χ3n) is 2.60. The summed E-state index contributed by atoms with van der Waals surface area (Å²) in [7, 11) is -5.45. The van der Waals surface area contributed by atoms with Gasteiger partial charge in [-0.05, 0) is 19.1 Å². The van der Waals surface area contributed by atoms with Crippen LogP contribution in [0.2, 0.25) is 0 Å². The van der Waals surface area contributed by atoms with Crippen molar-refractivity contribution in [1.82, 2.24) is 20.6 Å². The van der Waals surface area contributed by atoms with Crippen molar-refractivity contribution < 1.29 is 21.6 Å². The fourth-order valence-corrected chi connectivity index (χ4v) is 2.52. The Hall–Kier alpha value is -2.17. The molecule has 0 fully saturated rings. The van der Waals surface area contributed by atoms with Crippen molar-refractivity contribution in [3.63, 3.8) is 0 Å². The molecule has 1 atom stereocenters. The predicted octanol–water partition coefficient (Wildman–Crippen LogP) is 1.67. The Labute approximate surface area is 117 Å². The van der Waals surface area contributed by atoms with Gasteiger partial charge >= 0.3 is 5.51 Å². The molecular formula is C10H10F3N5O2S. The number of hydrogen-bond acceptors (Lipinski definition) is 6. The first-order valence-corrected chi connectivity index (χ1v) is 7.12. The van der Waals surface area contributed by atoms with Crippen LogP contribution in [0.5, 0.6) is 0 Å². The average Bonchev–Trinajstić information content (AvgIpc) is 2.91. The van der Waals surface area contributed by atoms with Gasteiger partial charge in [0.15, 0.2) is 5.82 Å². The molecule has 1 aromatic heterocycles. The van der Waals surface area contributed by atoms with Crippen LogP contribution >= 0.6 is 0 Å². The molecule has 0 amide bonds. The minimum absolute atomic E-state index is 0.188. The third-order valence-corrected chi connectivity index (χ3v) is 4.15. The number of sulfone groups is 1. The topological polar surface area (TPSA) is 101 Å². The van der Waals surface area contributed by atoms with Gasteiger partial charge < -0.3 is 5.32 Å². The van der Waals surface area contributed by atoms with Crippen LogP contribution in [0.15, 0.2) is 29.2 Å². The van der Waals surface area contributed by atoms with Crippen molar-refractivity contribution in [3.05, 3.63) is 30.1 Å². The highest BCUT2D eigenvalue weighted by Gasteiger charge is 2.48. The van der Waals surface area contributed by atoms with Crippen molar-refractivity contribution in [1.29, 1.82) is 0 Å². The van der Waals surface area contributed by atoms with E-state index in [1.807, 2.05) is 0 Å². The van der Waals surface area contributed by atoms with Gasteiger partial charge in [0.2, 0.25) is 0 Å². The zero-order chi connectivity index (χ0) is 15.7. The lowest BCUT2D eigenvalue weighted by molar-refractivity contribution is -0.0435. The molecule has 1 heterocycles. The molecule has 0 aliphatic rings. The molecule has 0 spiro atoms. The minimum atomic E-state index is -5.45. The number of aromatic nitrogens is 4. The van der Waals surface area contributed by atoms with Crippen LogP contribution in [0.3, 0.4) is 0 Å². The molecule has 0 radical (unpaired) electrons. The Morgan fingerprint density at radius 3 is 2.52 bits per heavy atom. The highest BCUT2D eigenvalue weighted by atomic mass is 32.2. The molecule has 0 saturated heterocycles. The summed E-state index contributed by atoms with van der Waals surface area (Å²) in [5.41, 5.74) is -5.56. The van der Waals surface area contributed by atoms with E-state index in [-0.39, 0.29) is 11.5 Å². The first kappa shape index (κ1) is 15.2. The molecule has 2 aromatic rings. The molecule has 0 aliphatic carbocycles. The molecular weight excluding hydrogens is 311 g/mol. The van der Waals surface area contributed by atoms with Crippen LogP contribution in [-0.4, -0.2) is 34.6 Å². The fraction of sp³-hybridized carbons (Fsp3) is 0.300. The number of nitrogens with zero attached hydrogens (tertiary/aromatic N) is 3. The first-order chi connectivity index (χ1) is 9.73. The second-order valence-electron chi connectivity index (χ2n) is 4.08. The highest BCUT2D eigenvalue weighted by molar-refractivity contribution is 7.92. The summed E-state index contributed by atoms with van der Waals surface area (Å²) in [6.45, 7) is 1.56. The summed E-state index contributed by atoms with van der Waals surface area (Å²) in [5, 5.41) is 15.5. The van der Waals surface area contributed by atoms with Crippen molar-refractivity contribution in [2.45, 2.75) is 23.4 Å². The maximum absolute atomic E-state index is 12.7. The monoisotopic (exact) mass is 321 g/mol. The summed E-state index contributed by atoms with van der Waals surface area (Å²) in [5.74, 6) is 0.189. The van der Waals surface area contributed by atoms with E-state index in [9.17, 15) is 21.6 Å². The molecule has 2 rings (SSSR count). The van der Waals surface area contributed by atoms with Gasteiger partial charge in [0, 0.05) is 0 Å². The molecule has 7 nitrogen and oxygen atoms in total. The Morgan fingerprint density at radius 1 is 1.29 bits per heavy atom. The van der Waals surface area contributed by atoms with E-state index in [0.29, 0.717) is 0 Å². The van der Waals surface area contributed by atoms with E-state index >= 15 is 0 Å². The lowest BCUT2D eigenvalue weighted by Crippen LogP contribution is -2.24. The molecule has 0 saturated carbocycles. The average molecular weight is 321 g/mol. The number of nitrogens with one attached hydrogen (secondary N) is 2. The molecule has 0 bridgehead atoms. The number of hydrogen-bond donors (Lipinski definition) is 2. The van der Waals surface area contributed by atoms with Crippen molar-refractivity contribution >= 4 is 15.5 Å². The molecule has 1 aromatic carbocycles. The van der Waals surface area contributed by atoms with E-state index in [1.165, 1.54) is 18.2 Å². The second-order valence-corrected chi connectivity index (χ2v) is 5.99. The van der Waals surface area contributed by atoms with Crippen LogP contribution < -0.4 is 5.32 Å². The lowest BCUT2D eigenvalue weighted by Gasteiger charge is -2.16. The van der Waals surface area contributed by atoms with Gasteiger partial charge in [-0.25, -0.2) is 8.42 Å². The quantitative estimate of drug-likeness (QED) is 0.888. The maximum Gasteiger partial charge on any atom is 0.501 e. The molecule has 114 valence electrons. The summed E-state index contributed by atoms with van der Waals surface area (Å²) < 4.78 is 61.0. The largest absolute Gasteiger partial charge is 0.501 e. The molecule has 0 aliphatic heterocycles. The van der Waals surface area contributed by atoms with E-state index < -0.39 is 26.3 Å². The molecule has 1 unspecified atom stereocenters. The number of alkyl halides is 3. The SMILES string of the molecule is CC(Nc1ccccc1S(=O)(=O)C(F)(F)F)c1nn[nH]n1. The normalized spacial score (nSPS) is 13.9.